The third kappa shape index (κ3) is 5.45. The van der Waals surface area contributed by atoms with Crippen molar-refractivity contribution in [3.8, 4) is 0 Å². The van der Waals surface area contributed by atoms with Crippen molar-refractivity contribution >= 4 is 27.6 Å². The molecule has 31 heavy (non-hydrogen) atoms. The molecule has 7 nitrogen and oxygen atoms in total. The van der Waals surface area contributed by atoms with Gasteiger partial charge >= 0.3 is 5.97 Å². The number of halogens is 2. The number of amides is 1. The number of rotatable bonds is 6. The molecule has 10 heteroatoms. The lowest BCUT2D eigenvalue weighted by Gasteiger charge is -2.32. The van der Waals surface area contributed by atoms with Crippen LogP contribution in [0, 0.1) is 11.6 Å². The summed E-state index contributed by atoms with van der Waals surface area (Å²) < 4.78 is 58.6. The Hall–Kier alpha value is -2.85. The van der Waals surface area contributed by atoms with Gasteiger partial charge < -0.3 is 10.1 Å². The second-order valence-corrected chi connectivity index (χ2v) is 9.12. The minimum absolute atomic E-state index is 0.0513. The van der Waals surface area contributed by atoms with Crippen molar-refractivity contribution in [3.05, 3.63) is 59.7 Å². The predicted molar refractivity (Wildman–Crippen MR) is 109 cm³/mol. The minimum Gasteiger partial charge on any atom is -0.452 e. The van der Waals surface area contributed by atoms with Crippen LogP contribution in [0.3, 0.4) is 0 Å². The number of hydrogen-bond donors (Lipinski definition) is 1. The number of sulfonamides is 1. The Balaban J connectivity index is 1.60. The lowest BCUT2D eigenvalue weighted by atomic mass is 10.1. The topological polar surface area (TPSA) is 92.8 Å². The average Bonchev–Trinajstić information content (AvgIpc) is 2.75. The number of nitrogens with one attached hydrogen (secondary N) is 1. The van der Waals surface area contributed by atoms with Gasteiger partial charge in [-0.1, -0.05) is 6.42 Å². The highest BCUT2D eigenvalue weighted by Crippen LogP contribution is 2.25. The van der Waals surface area contributed by atoms with Gasteiger partial charge in [-0.05, 0) is 56.2 Å². The van der Waals surface area contributed by atoms with E-state index in [1.165, 1.54) is 28.6 Å². The van der Waals surface area contributed by atoms with Gasteiger partial charge in [0.2, 0.25) is 10.0 Å². The van der Waals surface area contributed by atoms with Crippen molar-refractivity contribution in [2.45, 2.75) is 37.1 Å². The Bertz CT molecular complexity index is 1070. The van der Waals surface area contributed by atoms with E-state index in [0.717, 1.165) is 37.5 Å². The number of hydrogen-bond acceptors (Lipinski definition) is 5. The van der Waals surface area contributed by atoms with Crippen LogP contribution in [-0.4, -0.2) is 43.8 Å². The number of nitrogens with zero attached hydrogens (tertiary/aromatic N) is 1. The second kappa shape index (κ2) is 9.52. The van der Waals surface area contributed by atoms with Crippen molar-refractivity contribution in [2.24, 2.45) is 0 Å². The van der Waals surface area contributed by atoms with Crippen LogP contribution >= 0.6 is 0 Å². The van der Waals surface area contributed by atoms with Gasteiger partial charge in [-0.3, -0.25) is 4.79 Å². The molecule has 3 rings (SSSR count). The molecule has 1 amide bonds. The van der Waals surface area contributed by atoms with Gasteiger partial charge in [-0.2, -0.15) is 4.31 Å². The Morgan fingerprint density at radius 2 is 1.84 bits per heavy atom. The molecule has 1 N–H and O–H groups in total. The van der Waals surface area contributed by atoms with Crippen molar-refractivity contribution < 1.29 is 31.5 Å². The zero-order chi connectivity index (χ0) is 22.6. The predicted octanol–water partition coefficient (Wildman–Crippen LogP) is 3.32. The summed E-state index contributed by atoms with van der Waals surface area (Å²) in [6, 6.07) is 7.70. The molecule has 1 atom stereocenters. The maximum absolute atomic E-state index is 13.5. The van der Waals surface area contributed by atoms with Gasteiger partial charge in [0.05, 0.1) is 16.1 Å². The standard InChI is InChI=1S/C21H22F2N2O5S/c1-14-4-2-3-11-25(14)31(28,29)17-8-5-15(6-9-17)21(27)30-13-20(26)24-19-12-16(22)7-10-18(19)23/h5-10,12,14H,2-4,11,13H2,1H3,(H,24,26). The molecule has 2 aromatic carbocycles. The fourth-order valence-electron chi connectivity index (χ4n) is 3.32. The minimum atomic E-state index is -3.67. The van der Waals surface area contributed by atoms with Crippen LogP contribution in [-0.2, 0) is 19.6 Å². The molecule has 0 bridgehead atoms. The van der Waals surface area contributed by atoms with Crippen LogP contribution in [0.2, 0.25) is 0 Å². The number of carbonyl (C=O) groups is 2. The van der Waals surface area contributed by atoms with Gasteiger partial charge in [0, 0.05) is 18.7 Å². The first-order valence-corrected chi connectivity index (χ1v) is 11.2. The van der Waals surface area contributed by atoms with Crippen LogP contribution in [0.5, 0.6) is 0 Å². The summed E-state index contributed by atoms with van der Waals surface area (Å²) in [6.07, 6.45) is 2.58. The Kier molecular flexibility index (Phi) is 7.01. The SMILES string of the molecule is CC1CCCCN1S(=O)(=O)c1ccc(C(=O)OCC(=O)Nc2cc(F)ccc2F)cc1. The molecule has 1 heterocycles. The van der Waals surface area contributed by atoms with Crippen molar-refractivity contribution in [1.29, 1.82) is 0 Å². The molecule has 1 saturated heterocycles. The highest BCUT2D eigenvalue weighted by molar-refractivity contribution is 7.89. The highest BCUT2D eigenvalue weighted by Gasteiger charge is 2.31. The fraction of sp³-hybridized carbons (Fsp3) is 0.333. The number of carbonyl (C=O) groups excluding carboxylic acids is 2. The van der Waals surface area contributed by atoms with Crippen LogP contribution in [0.1, 0.15) is 36.5 Å². The molecule has 2 aromatic rings. The van der Waals surface area contributed by atoms with E-state index in [2.05, 4.69) is 5.32 Å². The monoisotopic (exact) mass is 452 g/mol. The highest BCUT2D eigenvalue weighted by atomic mass is 32.2. The maximum atomic E-state index is 13.5. The summed E-state index contributed by atoms with van der Waals surface area (Å²) >= 11 is 0. The van der Waals surface area contributed by atoms with Crippen LogP contribution in [0.25, 0.3) is 0 Å². The van der Waals surface area contributed by atoms with Crippen molar-refractivity contribution in [3.63, 3.8) is 0 Å². The van der Waals surface area contributed by atoms with Crippen LogP contribution < -0.4 is 5.32 Å². The summed E-state index contributed by atoms with van der Waals surface area (Å²) in [5.41, 5.74) is -0.321. The molecule has 0 spiro atoms. The Morgan fingerprint density at radius 3 is 2.52 bits per heavy atom. The number of piperidine rings is 1. The molecule has 1 fully saturated rings. The van der Waals surface area contributed by atoms with Gasteiger partial charge in [0.1, 0.15) is 11.6 Å². The molecule has 1 unspecified atom stereocenters. The van der Waals surface area contributed by atoms with Crippen molar-refractivity contribution in [1.82, 2.24) is 4.31 Å². The smallest absolute Gasteiger partial charge is 0.338 e. The van der Waals surface area contributed by atoms with Crippen LogP contribution in [0.4, 0.5) is 14.5 Å². The molecule has 0 aliphatic carbocycles. The Morgan fingerprint density at radius 1 is 1.13 bits per heavy atom. The number of anilines is 1. The first kappa shape index (κ1) is 22.8. The first-order valence-electron chi connectivity index (χ1n) is 9.72. The largest absolute Gasteiger partial charge is 0.452 e. The average molecular weight is 452 g/mol. The molecule has 0 saturated carbocycles. The first-order chi connectivity index (χ1) is 14.7. The zero-order valence-electron chi connectivity index (χ0n) is 16.8. The van der Waals surface area contributed by atoms with Gasteiger partial charge in [-0.25, -0.2) is 22.0 Å². The number of esters is 1. The summed E-state index contributed by atoms with van der Waals surface area (Å²) in [5, 5.41) is 2.11. The summed E-state index contributed by atoms with van der Waals surface area (Å²) in [6.45, 7) is 1.59. The number of benzene rings is 2. The number of ether oxygens (including phenoxy) is 1. The summed E-state index contributed by atoms with van der Waals surface area (Å²) in [4.78, 5) is 24.0. The molecule has 0 radical (unpaired) electrons. The molecule has 166 valence electrons. The lowest BCUT2D eigenvalue weighted by molar-refractivity contribution is -0.119. The van der Waals surface area contributed by atoms with E-state index < -0.39 is 40.1 Å². The summed E-state index contributed by atoms with van der Waals surface area (Å²) in [7, 11) is -3.67. The zero-order valence-corrected chi connectivity index (χ0v) is 17.6. The van der Waals surface area contributed by atoms with E-state index in [1.807, 2.05) is 6.92 Å². The van der Waals surface area contributed by atoms with Gasteiger partial charge in [-0.15, -0.1) is 0 Å². The van der Waals surface area contributed by atoms with E-state index in [4.69, 9.17) is 4.74 Å². The van der Waals surface area contributed by atoms with E-state index in [9.17, 15) is 26.8 Å². The van der Waals surface area contributed by atoms with Crippen molar-refractivity contribution in [2.75, 3.05) is 18.5 Å². The molecule has 1 aliphatic heterocycles. The van der Waals surface area contributed by atoms with E-state index >= 15 is 0 Å². The second-order valence-electron chi connectivity index (χ2n) is 7.23. The van der Waals surface area contributed by atoms with E-state index in [-0.39, 0.29) is 22.2 Å². The third-order valence-electron chi connectivity index (χ3n) is 4.98. The maximum Gasteiger partial charge on any atom is 0.338 e. The third-order valence-corrected chi connectivity index (χ3v) is 7.00. The fourth-order valence-corrected chi connectivity index (χ4v) is 5.02. The normalized spacial score (nSPS) is 17.2. The van der Waals surface area contributed by atoms with Gasteiger partial charge in [0.25, 0.3) is 5.91 Å². The van der Waals surface area contributed by atoms with Gasteiger partial charge in [0.15, 0.2) is 6.61 Å². The quantitative estimate of drug-likeness (QED) is 0.679. The Labute approximate surface area is 179 Å². The molecule has 0 aromatic heterocycles. The lowest BCUT2D eigenvalue weighted by Crippen LogP contribution is -2.41. The van der Waals surface area contributed by atoms with E-state index in [0.29, 0.717) is 6.54 Å². The molecular formula is C21H22F2N2O5S. The van der Waals surface area contributed by atoms with Crippen LogP contribution in [0.15, 0.2) is 47.4 Å². The molecular weight excluding hydrogens is 430 g/mol. The molecule has 1 aliphatic rings. The summed E-state index contributed by atoms with van der Waals surface area (Å²) in [5.74, 6) is -3.27. The van der Waals surface area contributed by atoms with E-state index in [1.54, 1.807) is 0 Å².